The third kappa shape index (κ3) is 3.28. The molecule has 164 valence electrons. The van der Waals surface area contributed by atoms with Crippen LogP contribution in [0.25, 0.3) is 22.1 Å². The van der Waals surface area contributed by atoms with Gasteiger partial charge in [0.15, 0.2) is 0 Å². The van der Waals surface area contributed by atoms with Crippen molar-refractivity contribution in [2.24, 2.45) is 0 Å². The molecule has 1 saturated heterocycles. The van der Waals surface area contributed by atoms with E-state index in [9.17, 15) is 9.59 Å². The number of likely N-dealkylation sites (tertiary alicyclic amines) is 1. The third-order valence-corrected chi connectivity index (χ3v) is 6.03. The zero-order valence-corrected chi connectivity index (χ0v) is 17.9. The number of methoxy groups -OCH3 is 2. The normalized spacial score (nSPS) is 16.1. The lowest BCUT2D eigenvalue weighted by Crippen LogP contribution is -2.36. The number of furan rings is 1. The number of amides is 1. The van der Waals surface area contributed by atoms with Gasteiger partial charge in [0.2, 0.25) is 11.5 Å². The largest absolute Gasteiger partial charge is 0.497 e. The maximum absolute atomic E-state index is 13.2. The van der Waals surface area contributed by atoms with E-state index in [1.165, 1.54) is 10.9 Å². The van der Waals surface area contributed by atoms with E-state index in [-0.39, 0.29) is 29.6 Å². The average molecular weight is 433 g/mol. The van der Waals surface area contributed by atoms with Crippen molar-refractivity contribution < 1.29 is 18.7 Å². The number of nitrogens with zero attached hydrogens (tertiary/aromatic N) is 3. The molecule has 8 heteroatoms. The fourth-order valence-electron chi connectivity index (χ4n) is 4.45. The van der Waals surface area contributed by atoms with Crippen LogP contribution in [-0.2, 0) is 11.3 Å². The first kappa shape index (κ1) is 20.1. The molecule has 0 spiro atoms. The molecule has 1 aliphatic rings. The smallest absolute Gasteiger partial charge is 0.297 e. The molecule has 3 heterocycles. The molecule has 8 nitrogen and oxygen atoms in total. The van der Waals surface area contributed by atoms with Gasteiger partial charge in [-0.25, -0.2) is 4.98 Å². The van der Waals surface area contributed by atoms with E-state index in [4.69, 9.17) is 13.9 Å². The molecule has 1 fully saturated rings. The zero-order chi connectivity index (χ0) is 22.2. The summed E-state index contributed by atoms with van der Waals surface area (Å²) in [5.74, 6) is 1.22. The van der Waals surface area contributed by atoms with Gasteiger partial charge in [0.25, 0.3) is 5.56 Å². The molecule has 0 radical (unpaired) electrons. The van der Waals surface area contributed by atoms with E-state index in [1.54, 1.807) is 25.2 Å². The molecule has 1 atom stereocenters. The Morgan fingerprint density at radius 1 is 1.19 bits per heavy atom. The quantitative estimate of drug-likeness (QED) is 0.479. The summed E-state index contributed by atoms with van der Waals surface area (Å²) in [6, 6.07) is 12.9. The van der Waals surface area contributed by atoms with Gasteiger partial charge in [-0.3, -0.25) is 14.2 Å². The number of carbonyl (C=O) groups is 1. The lowest BCUT2D eigenvalue weighted by Gasteiger charge is -2.26. The van der Waals surface area contributed by atoms with E-state index >= 15 is 0 Å². The van der Waals surface area contributed by atoms with E-state index in [0.717, 1.165) is 23.8 Å². The van der Waals surface area contributed by atoms with E-state index < -0.39 is 0 Å². The van der Waals surface area contributed by atoms with Crippen molar-refractivity contribution in [2.45, 2.75) is 25.4 Å². The highest BCUT2D eigenvalue weighted by molar-refractivity contribution is 6.01. The first-order valence-corrected chi connectivity index (χ1v) is 10.5. The van der Waals surface area contributed by atoms with Crippen LogP contribution >= 0.6 is 0 Å². The van der Waals surface area contributed by atoms with Crippen molar-refractivity contribution in [3.63, 3.8) is 0 Å². The Morgan fingerprint density at radius 3 is 2.84 bits per heavy atom. The second kappa shape index (κ2) is 8.03. The number of ether oxygens (including phenoxy) is 2. The maximum Gasteiger partial charge on any atom is 0.297 e. The predicted molar refractivity (Wildman–Crippen MR) is 119 cm³/mol. The molecular formula is C24H23N3O5. The van der Waals surface area contributed by atoms with Gasteiger partial charge in [-0.1, -0.05) is 12.1 Å². The van der Waals surface area contributed by atoms with Crippen LogP contribution in [0.3, 0.4) is 0 Å². The van der Waals surface area contributed by atoms with Crippen LogP contribution in [0.1, 0.15) is 24.4 Å². The summed E-state index contributed by atoms with van der Waals surface area (Å²) in [5, 5.41) is 0.782. The van der Waals surface area contributed by atoms with Crippen LogP contribution < -0.4 is 15.0 Å². The molecule has 0 aliphatic carbocycles. The predicted octanol–water partition coefficient (Wildman–Crippen LogP) is 3.52. The number of hydrogen-bond acceptors (Lipinski definition) is 6. The summed E-state index contributed by atoms with van der Waals surface area (Å²) in [6.07, 6.45) is 3.12. The first-order chi connectivity index (χ1) is 15.6. The van der Waals surface area contributed by atoms with Crippen molar-refractivity contribution in [2.75, 3.05) is 20.8 Å². The van der Waals surface area contributed by atoms with Gasteiger partial charge in [0, 0.05) is 23.6 Å². The Balaban J connectivity index is 1.44. The van der Waals surface area contributed by atoms with Gasteiger partial charge in [0.05, 0.1) is 26.6 Å². The minimum Gasteiger partial charge on any atom is -0.497 e. The molecular weight excluding hydrogens is 410 g/mol. The van der Waals surface area contributed by atoms with Crippen molar-refractivity contribution in [1.82, 2.24) is 14.5 Å². The van der Waals surface area contributed by atoms with E-state index in [0.29, 0.717) is 29.1 Å². The van der Waals surface area contributed by atoms with Gasteiger partial charge >= 0.3 is 0 Å². The van der Waals surface area contributed by atoms with Crippen LogP contribution in [0.15, 0.2) is 58.0 Å². The number of hydrogen-bond donors (Lipinski definition) is 0. The molecule has 0 unspecified atom stereocenters. The Hall–Kier alpha value is -3.81. The Bertz CT molecular complexity index is 1370. The number of aromatic nitrogens is 2. The summed E-state index contributed by atoms with van der Waals surface area (Å²) in [7, 11) is 3.21. The molecule has 5 rings (SSSR count). The number of para-hydroxylation sites is 1. The Labute approximate surface area is 184 Å². The average Bonchev–Trinajstić information content (AvgIpc) is 3.46. The third-order valence-electron chi connectivity index (χ3n) is 6.03. The van der Waals surface area contributed by atoms with E-state index in [1.807, 2.05) is 36.4 Å². The fraction of sp³-hybridized carbons (Fsp3) is 0.292. The number of rotatable bonds is 5. The highest BCUT2D eigenvalue weighted by Gasteiger charge is 2.32. The van der Waals surface area contributed by atoms with Crippen LogP contribution in [0.2, 0.25) is 0 Å². The first-order valence-electron chi connectivity index (χ1n) is 10.5. The van der Waals surface area contributed by atoms with Gasteiger partial charge in [-0.15, -0.1) is 0 Å². The molecule has 2 aromatic heterocycles. The summed E-state index contributed by atoms with van der Waals surface area (Å²) >= 11 is 0. The highest BCUT2D eigenvalue weighted by Crippen LogP contribution is 2.38. The highest BCUT2D eigenvalue weighted by atomic mass is 16.5. The summed E-state index contributed by atoms with van der Waals surface area (Å²) < 4.78 is 17.9. The molecule has 1 aliphatic heterocycles. The van der Waals surface area contributed by atoms with Crippen LogP contribution in [0.5, 0.6) is 11.5 Å². The van der Waals surface area contributed by atoms with Crippen LogP contribution in [0.4, 0.5) is 0 Å². The Kier molecular flexibility index (Phi) is 5.05. The number of fused-ring (bicyclic) bond motifs is 3. The molecule has 32 heavy (non-hydrogen) atoms. The van der Waals surface area contributed by atoms with E-state index in [2.05, 4.69) is 4.98 Å². The van der Waals surface area contributed by atoms with Gasteiger partial charge in [-0.2, -0.15) is 0 Å². The monoisotopic (exact) mass is 433 g/mol. The Morgan fingerprint density at radius 2 is 2.03 bits per heavy atom. The SMILES string of the molecule is COc1ccc([C@H]2CCCN2C(=O)Cn2cnc3c(oc4ccccc43)c2=O)c(OC)c1. The minimum atomic E-state index is -0.364. The van der Waals surface area contributed by atoms with Crippen LogP contribution in [0, 0.1) is 0 Å². The lowest BCUT2D eigenvalue weighted by molar-refractivity contribution is -0.132. The van der Waals surface area contributed by atoms with Crippen LogP contribution in [-0.4, -0.2) is 41.1 Å². The zero-order valence-electron chi connectivity index (χ0n) is 17.9. The molecule has 2 aromatic carbocycles. The minimum absolute atomic E-state index is 0.103. The van der Waals surface area contributed by atoms with Crippen molar-refractivity contribution >= 4 is 28.0 Å². The lowest BCUT2D eigenvalue weighted by atomic mass is 10.0. The molecule has 0 saturated carbocycles. The summed E-state index contributed by atoms with van der Waals surface area (Å²) in [6.45, 7) is 0.515. The number of benzene rings is 2. The van der Waals surface area contributed by atoms with Gasteiger partial charge in [-0.05, 0) is 37.1 Å². The summed E-state index contributed by atoms with van der Waals surface area (Å²) in [5.41, 5.74) is 1.84. The van der Waals surface area contributed by atoms with Gasteiger partial charge in [0.1, 0.15) is 29.1 Å². The topological polar surface area (TPSA) is 86.8 Å². The molecule has 4 aromatic rings. The fourth-order valence-corrected chi connectivity index (χ4v) is 4.45. The van der Waals surface area contributed by atoms with Crippen molar-refractivity contribution in [3.05, 3.63) is 64.7 Å². The van der Waals surface area contributed by atoms with Crippen molar-refractivity contribution in [3.8, 4) is 11.5 Å². The maximum atomic E-state index is 13.2. The second-order valence-electron chi connectivity index (χ2n) is 7.81. The molecule has 0 N–H and O–H groups in total. The molecule has 1 amide bonds. The number of carbonyl (C=O) groups excluding carboxylic acids is 1. The summed E-state index contributed by atoms with van der Waals surface area (Å²) in [4.78, 5) is 32.4. The van der Waals surface area contributed by atoms with Crippen molar-refractivity contribution in [1.29, 1.82) is 0 Å². The molecule has 0 bridgehead atoms. The van der Waals surface area contributed by atoms with Gasteiger partial charge < -0.3 is 18.8 Å². The standard InChI is InChI=1S/C24H23N3O5/c1-30-15-9-10-16(20(12-15)31-2)18-7-5-11-27(18)21(28)13-26-14-25-22-17-6-3-4-8-19(17)32-23(22)24(26)29/h3-4,6,8-10,12,14,18H,5,7,11,13H2,1-2H3/t18-/m1/s1. The second-order valence-corrected chi connectivity index (χ2v) is 7.81.